The molecule has 4 aromatic rings. The van der Waals surface area contributed by atoms with Crippen molar-refractivity contribution in [2.75, 3.05) is 18.1 Å². The van der Waals surface area contributed by atoms with Crippen LogP contribution in [-0.2, 0) is 26.5 Å². The number of nitrogens with one attached hydrogen (secondary N) is 1. The summed E-state index contributed by atoms with van der Waals surface area (Å²) in [6, 6.07) is 22.3. The molecule has 2 amide bonds. The van der Waals surface area contributed by atoms with Crippen LogP contribution in [0.4, 0.5) is 5.69 Å². The molecule has 0 saturated carbocycles. The van der Waals surface area contributed by atoms with Gasteiger partial charge in [0.2, 0.25) is 5.91 Å². The van der Waals surface area contributed by atoms with E-state index in [2.05, 4.69) is 5.10 Å². The van der Waals surface area contributed by atoms with Crippen LogP contribution < -0.4 is 10.5 Å². The molecule has 3 N–H and O–H groups in total. The Hall–Kier alpha value is -4.03. The van der Waals surface area contributed by atoms with E-state index in [1.807, 2.05) is 86.7 Å². The summed E-state index contributed by atoms with van der Waals surface area (Å²) in [6.07, 6.45) is 0.988. The zero-order valence-electron chi connectivity index (χ0n) is 26.3. The number of hydrogen-bond donors (Lipinski definition) is 3. The molecule has 2 fully saturated rings. The highest BCUT2D eigenvalue weighted by Crippen LogP contribution is 2.59. The largest absolute Gasteiger partial charge is 0.432 e. The van der Waals surface area contributed by atoms with E-state index in [1.165, 1.54) is 4.68 Å². The number of aliphatic hydroxyl groups is 1. The monoisotopic (exact) mass is 640 g/mol. The molecule has 7 rings (SSSR count). The molecule has 0 radical (unpaired) electrons. The Morgan fingerprint density at radius 1 is 1.07 bits per heavy atom. The summed E-state index contributed by atoms with van der Waals surface area (Å²) in [5.41, 5.74) is 1.83. The van der Waals surface area contributed by atoms with E-state index in [4.69, 9.17) is 4.74 Å². The predicted octanol–water partition coefficient (Wildman–Crippen LogP) is 4.04. The number of ether oxygens (including phenoxy) is 1. The standard InChI is InChI=1S/C35H40N4O6Si/c1-22-32(46(2,3)44)30(19-31(41)37-17-9-12-25(37)21-40)45-35(22)27-14-5-7-16-29(27)38(34(35)43)20-23-10-8-11-24(18-23)39-33(42)26-13-4-6-15-28(26)36-39/h4-8,10-11,13-16,18,22,25,30,32,36,40,44H,9,12,17,19-21H2,1-3H3/t22-,25+,30+,32-,35+/m1/s1. The molecule has 11 heteroatoms. The fraction of sp³-hybridized carbons (Fsp3) is 0.400. The SMILES string of the molecule is C[C@@H]1[C@@H]([Si](C)(C)O)[C@H](CC(=O)N2CCC[C@H]2CO)O[C@@]12C(=O)N(Cc1cccc(-n3[nH]c4ccccc4c3=O)c1)c1ccccc12. The lowest BCUT2D eigenvalue weighted by Crippen LogP contribution is -2.46. The maximum Gasteiger partial charge on any atom is 0.279 e. The van der Waals surface area contributed by atoms with Crippen molar-refractivity contribution < 1.29 is 24.2 Å². The molecular formula is C35H40N4O6Si. The Bertz CT molecular complexity index is 1880. The van der Waals surface area contributed by atoms with Gasteiger partial charge in [0.15, 0.2) is 13.9 Å². The third-order valence-corrected chi connectivity index (χ3v) is 12.8. The Balaban J connectivity index is 1.22. The normalized spacial score (nSPS) is 26.1. The molecule has 3 aliphatic rings. The molecule has 46 heavy (non-hydrogen) atoms. The molecule has 1 spiro atoms. The van der Waals surface area contributed by atoms with Crippen LogP contribution in [-0.4, -0.2) is 70.0 Å². The number of aromatic amines is 1. The van der Waals surface area contributed by atoms with Gasteiger partial charge in [0.25, 0.3) is 11.5 Å². The molecule has 2 saturated heterocycles. The Kier molecular flexibility index (Phi) is 7.55. The number of para-hydroxylation sites is 2. The first-order chi connectivity index (χ1) is 22.0. The van der Waals surface area contributed by atoms with Gasteiger partial charge in [0.1, 0.15) is 0 Å². The maximum atomic E-state index is 14.7. The second-order valence-electron chi connectivity index (χ2n) is 13.5. The number of rotatable bonds is 7. The Morgan fingerprint density at radius 3 is 2.59 bits per heavy atom. The summed E-state index contributed by atoms with van der Waals surface area (Å²) < 4.78 is 8.35. The van der Waals surface area contributed by atoms with E-state index in [0.29, 0.717) is 17.6 Å². The first kappa shape index (κ1) is 30.6. The summed E-state index contributed by atoms with van der Waals surface area (Å²) in [5.74, 6) is -0.727. The maximum absolute atomic E-state index is 14.7. The zero-order valence-corrected chi connectivity index (χ0v) is 27.3. The third-order valence-electron chi connectivity index (χ3n) is 10.3. The van der Waals surface area contributed by atoms with Gasteiger partial charge in [-0.3, -0.25) is 19.5 Å². The molecular weight excluding hydrogens is 600 g/mol. The second kappa shape index (κ2) is 11.3. The van der Waals surface area contributed by atoms with Crippen molar-refractivity contribution in [3.63, 3.8) is 0 Å². The minimum absolute atomic E-state index is 0.0426. The van der Waals surface area contributed by atoms with Crippen molar-refractivity contribution in [1.82, 2.24) is 14.7 Å². The average molecular weight is 641 g/mol. The van der Waals surface area contributed by atoms with Crippen molar-refractivity contribution in [3.05, 3.63) is 94.3 Å². The van der Waals surface area contributed by atoms with Crippen molar-refractivity contribution in [2.24, 2.45) is 5.92 Å². The van der Waals surface area contributed by atoms with Crippen LogP contribution in [0.25, 0.3) is 16.6 Å². The van der Waals surface area contributed by atoms with Crippen molar-refractivity contribution >= 4 is 36.7 Å². The lowest BCUT2D eigenvalue weighted by Gasteiger charge is -2.32. The lowest BCUT2D eigenvalue weighted by molar-refractivity contribution is -0.150. The van der Waals surface area contributed by atoms with Crippen molar-refractivity contribution in [3.8, 4) is 5.69 Å². The van der Waals surface area contributed by atoms with Gasteiger partial charge in [-0.2, -0.15) is 0 Å². The molecule has 240 valence electrons. The van der Waals surface area contributed by atoms with Crippen LogP contribution in [0, 0.1) is 5.92 Å². The first-order valence-corrected chi connectivity index (χ1v) is 19.1. The minimum atomic E-state index is -2.94. The van der Waals surface area contributed by atoms with Crippen LogP contribution in [0.3, 0.4) is 0 Å². The third kappa shape index (κ3) is 4.76. The summed E-state index contributed by atoms with van der Waals surface area (Å²) in [6.45, 7) is 6.41. The fourth-order valence-electron chi connectivity index (χ4n) is 8.25. The topological polar surface area (TPSA) is 128 Å². The fourth-order valence-corrected chi connectivity index (χ4v) is 10.8. The number of hydrogen-bond acceptors (Lipinski definition) is 6. The van der Waals surface area contributed by atoms with Crippen LogP contribution >= 0.6 is 0 Å². The molecule has 10 nitrogen and oxygen atoms in total. The van der Waals surface area contributed by atoms with E-state index in [9.17, 15) is 24.3 Å². The van der Waals surface area contributed by atoms with Crippen molar-refractivity contribution in [2.45, 2.75) is 69.1 Å². The number of benzene rings is 3. The quantitative estimate of drug-likeness (QED) is 0.262. The molecule has 0 aliphatic carbocycles. The number of nitrogens with zero attached hydrogens (tertiary/aromatic N) is 3. The van der Waals surface area contributed by atoms with Gasteiger partial charge in [-0.1, -0.05) is 49.4 Å². The van der Waals surface area contributed by atoms with E-state index >= 15 is 0 Å². The number of fused-ring (bicyclic) bond motifs is 3. The van der Waals surface area contributed by atoms with Gasteiger partial charge in [-0.05, 0) is 61.8 Å². The molecule has 5 atom stereocenters. The zero-order chi connectivity index (χ0) is 32.4. The number of amides is 2. The van der Waals surface area contributed by atoms with Crippen LogP contribution in [0.5, 0.6) is 0 Å². The highest BCUT2D eigenvalue weighted by molar-refractivity contribution is 6.71. The first-order valence-electron chi connectivity index (χ1n) is 16.1. The number of aromatic nitrogens is 2. The summed E-state index contributed by atoms with van der Waals surface area (Å²) >= 11 is 0. The van der Waals surface area contributed by atoms with Gasteiger partial charge in [0, 0.05) is 23.6 Å². The summed E-state index contributed by atoms with van der Waals surface area (Å²) in [4.78, 5) is 56.5. The van der Waals surface area contributed by atoms with Gasteiger partial charge < -0.3 is 24.4 Å². The van der Waals surface area contributed by atoms with Gasteiger partial charge >= 0.3 is 0 Å². The van der Waals surface area contributed by atoms with E-state index in [-0.39, 0.29) is 54.4 Å². The number of aliphatic hydroxyl groups excluding tert-OH is 1. The molecule has 0 unspecified atom stereocenters. The van der Waals surface area contributed by atoms with Crippen LogP contribution in [0.1, 0.15) is 37.3 Å². The minimum Gasteiger partial charge on any atom is -0.432 e. The average Bonchev–Trinajstić information content (AvgIpc) is 3.78. The lowest BCUT2D eigenvalue weighted by atomic mass is 9.82. The number of anilines is 1. The molecule has 1 aromatic heterocycles. The second-order valence-corrected chi connectivity index (χ2v) is 17.5. The summed E-state index contributed by atoms with van der Waals surface area (Å²) in [5, 5.41) is 13.6. The molecule has 0 bridgehead atoms. The van der Waals surface area contributed by atoms with Crippen molar-refractivity contribution in [1.29, 1.82) is 0 Å². The number of H-pyrrole nitrogens is 1. The van der Waals surface area contributed by atoms with E-state index < -0.39 is 20.0 Å². The number of carbonyl (C=O) groups excluding carboxylic acids is 2. The number of carbonyl (C=O) groups is 2. The van der Waals surface area contributed by atoms with E-state index in [1.54, 1.807) is 15.9 Å². The van der Waals surface area contributed by atoms with Crippen LogP contribution in [0.15, 0.2) is 77.6 Å². The smallest absolute Gasteiger partial charge is 0.279 e. The Morgan fingerprint density at radius 2 is 1.83 bits per heavy atom. The van der Waals surface area contributed by atoms with Crippen LogP contribution in [0.2, 0.25) is 18.6 Å². The van der Waals surface area contributed by atoms with Gasteiger partial charge in [-0.15, -0.1) is 0 Å². The molecule has 4 heterocycles. The summed E-state index contributed by atoms with van der Waals surface area (Å²) in [7, 11) is -2.94. The molecule has 3 aliphatic heterocycles. The predicted molar refractivity (Wildman–Crippen MR) is 177 cm³/mol. The van der Waals surface area contributed by atoms with Gasteiger partial charge in [-0.25, -0.2) is 4.68 Å². The number of likely N-dealkylation sites (tertiary alicyclic amines) is 1. The van der Waals surface area contributed by atoms with E-state index in [0.717, 1.165) is 35.2 Å². The molecule has 3 aromatic carbocycles. The highest BCUT2D eigenvalue weighted by atomic mass is 28.4. The highest BCUT2D eigenvalue weighted by Gasteiger charge is 2.66. The Labute approximate surface area is 268 Å². The van der Waals surface area contributed by atoms with Gasteiger partial charge in [0.05, 0.1) is 54.0 Å².